The molecule has 0 amide bonds. The van der Waals surface area contributed by atoms with E-state index in [1.165, 1.54) is 16.7 Å². The summed E-state index contributed by atoms with van der Waals surface area (Å²) in [5.41, 5.74) is 5.84. The molecule has 0 bridgehead atoms. The van der Waals surface area contributed by atoms with Gasteiger partial charge in [0.2, 0.25) is 0 Å². The van der Waals surface area contributed by atoms with E-state index in [2.05, 4.69) is 47.9 Å². The molecule has 0 saturated carbocycles. The van der Waals surface area contributed by atoms with Crippen molar-refractivity contribution in [2.75, 3.05) is 26.2 Å². The quantitative estimate of drug-likeness (QED) is 0.836. The smallest absolute Gasteiger partial charge is 0.114 e. The molecule has 1 aliphatic carbocycles. The van der Waals surface area contributed by atoms with E-state index in [0.717, 1.165) is 44.8 Å². The monoisotopic (exact) mass is 296 g/mol. The molecule has 22 heavy (non-hydrogen) atoms. The molecule has 1 aromatic rings. The zero-order valence-electron chi connectivity index (χ0n) is 13.2. The van der Waals surface area contributed by atoms with Crippen molar-refractivity contribution in [1.82, 2.24) is 10.6 Å². The van der Waals surface area contributed by atoms with Crippen LogP contribution in [-0.2, 0) is 4.74 Å². The van der Waals surface area contributed by atoms with Gasteiger partial charge in [0.15, 0.2) is 0 Å². The van der Waals surface area contributed by atoms with E-state index in [-0.39, 0.29) is 0 Å². The van der Waals surface area contributed by atoms with Crippen molar-refractivity contribution in [1.29, 1.82) is 0 Å². The number of benzene rings is 1. The molecule has 3 nitrogen and oxygen atoms in total. The molecule has 1 saturated heterocycles. The highest BCUT2D eigenvalue weighted by Crippen LogP contribution is 2.41. The van der Waals surface area contributed by atoms with E-state index < -0.39 is 0 Å². The number of hydrogen-bond acceptors (Lipinski definition) is 3. The first-order valence-corrected chi connectivity index (χ1v) is 8.40. The molecule has 0 aromatic heterocycles. The first-order valence-electron chi connectivity index (χ1n) is 8.40. The molecule has 4 rings (SSSR count). The Balaban J connectivity index is 1.81. The number of morpholine rings is 1. The van der Waals surface area contributed by atoms with Gasteiger partial charge in [-0.25, -0.2) is 0 Å². The van der Waals surface area contributed by atoms with Crippen molar-refractivity contribution >= 4 is 0 Å². The van der Waals surface area contributed by atoms with Gasteiger partial charge in [0, 0.05) is 12.5 Å². The van der Waals surface area contributed by atoms with E-state index in [0.29, 0.717) is 12.0 Å². The summed E-state index contributed by atoms with van der Waals surface area (Å²) < 4.78 is 6.00. The zero-order valence-corrected chi connectivity index (χ0v) is 13.2. The average molecular weight is 296 g/mol. The Hall–Kier alpha value is -1.58. The Morgan fingerprint density at radius 3 is 2.95 bits per heavy atom. The molecular formula is C19H24N2O. The Morgan fingerprint density at radius 2 is 2.05 bits per heavy atom. The van der Waals surface area contributed by atoms with Gasteiger partial charge in [0.05, 0.1) is 6.04 Å². The van der Waals surface area contributed by atoms with Gasteiger partial charge in [0.25, 0.3) is 0 Å². The number of allylic oxidation sites excluding steroid dienone is 1. The highest BCUT2D eigenvalue weighted by atomic mass is 16.5. The fourth-order valence-electron chi connectivity index (χ4n) is 4.03. The largest absolute Gasteiger partial charge is 0.495 e. The van der Waals surface area contributed by atoms with Crippen LogP contribution in [0.25, 0.3) is 0 Å². The van der Waals surface area contributed by atoms with Crippen molar-refractivity contribution < 1.29 is 4.74 Å². The fraction of sp³-hybridized carbons (Fsp3) is 0.474. The maximum Gasteiger partial charge on any atom is 0.114 e. The second-order valence-corrected chi connectivity index (χ2v) is 6.52. The minimum atomic E-state index is 0.299. The van der Waals surface area contributed by atoms with Gasteiger partial charge in [0.1, 0.15) is 12.4 Å². The molecule has 0 radical (unpaired) electrons. The number of hydrogen-bond donors (Lipinski definition) is 2. The third-order valence-electron chi connectivity index (χ3n) is 5.02. The van der Waals surface area contributed by atoms with E-state index in [1.54, 1.807) is 5.57 Å². The van der Waals surface area contributed by atoms with Crippen LogP contribution < -0.4 is 10.6 Å². The van der Waals surface area contributed by atoms with Crippen molar-refractivity contribution in [3.8, 4) is 0 Å². The van der Waals surface area contributed by atoms with Crippen LogP contribution in [0.5, 0.6) is 0 Å². The van der Waals surface area contributed by atoms with E-state index in [9.17, 15) is 0 Å². The summed E-state index contributed by atoms with van der Waals surface area (Å²) in [7, 11) is 0. The summed E-state index contributed by atoms with van der Waals surface area (Å²) in [4.78, 5) is 0. The zero-order chi connectivity index (χ0) is 14.9. The van der Waals surface area contributed by atoms with Crippen molar-refractivity contribution in [2.24, 2.45) is 0 Å². The molecule has 2 unspecified atom stereocenters. The number of nitrogens with one attached hydrogen (secondary N) is 2. The SMILES string of the molecule is Cc1cccc(C2C3=C(C=C4OCCNC42)CCNCC3)c1. The van der Waals surface area contributed by atoms with Gasteiger partial charge < -0.3 is 15.4 Å². The number of rotatable bonds is 1. The number of fused-ring (bicyclic) bond motifs is 1. The summed E-state index contributed by atoms with van der Waals surface area (Å²) in [5, 5.41) is 7.23. The van der Waals surface area contributed by atoms with Crippen LogP contribution in [0.4, 0.5) is 0 Å². The van der Waals surface area contributed by atoms with E-state index >= 15 is 0 Å². The summed E-state index contributed by atoms with van der Waals surface area (Å²) in [6, 6.07) is 9.28. The Bertz CT molecular complexity index is 632. The van der Waals surface area contributed by atoms with Crippen LogP contribution in [-0.4, -0.2) is 32.3 Å². The maximum absolute atomic E-state index is 6.00. The number of aryl methyl sites for hydroxylation is 1. The summed E-state index contributed by atoms with van der Waals surface area (Å²) >= 11 is 0. The fourth-order valence-corrected chi connectivity index (χ4v) is 4.03. The average Bonchev–Trinajstić information content (AvgIpc) is 2.77. The van der Waals surface area contributed by atoms with Gasteiger partial charge in [-0.3, -0.25) is 0 Å². The van der Waals surface area contributed by atoms with Crippen LogP contribution in [0.1, 0.15) is 29.9 Å². The first kappa shape index (κ1) is 14.0. The molecule has 3 heteroatoms. The second-order valence-electron chi connectivity index (χ2n) is 6.52. The first-order chi connectivity index (χ1) is 10.8. The van der Waals surface area contributed by atoms with Gasteiger partial charge in [-0.05, 0) is 50.1 Å². The number of ether oxygens (including phenoxy) is 1. The van der Waals surface area contributed by atoms with Crippen LogP contribution in [0.15, 0.2) is 47.2 Å². The van der Waals surface area contributed by atoms with E-state index in [1.807, 2.05) is 0 Å². The standard InChI is InChI=1S/C19H24N2O/c1-13-3-2-4-15(11-13)18-16-6-8-20-7-5-14(16)12-17-19(18)21-9-10-22-17/h2-4,11-12,18-21H,5-10H2,1H3. The third kappa shape index (κ3) is 2.49. The molecule has 2 atom stereocenters. The summed E-state index contributed by atoms with van der Waals surface area (Å²) in [6.07, 6.45) is 4.55. The lowest BCUT2D eigenvalue weighted by Gasteiger charge is -2.39. The molecule has 2 aliphatic heterocycles. The molecule has 3 aliphatic rings. The summed E-state index contributed by atoms with van der Waals surface area (Å²) in [6.45, 7) is 6.05. The lowest BCUT2D eigenvalue weighted by Crippen LogP contribution is -2.45. The van der Waals surface area contributed by atoms with Crippen LogP contribution >= 0.6 is 0 Å². The van der Waals surface area contributed by atoms with E-state index in [4.69, 9.17) is 4.74 Å². The second kappa shape index (κ2) is 5.90. The van der Waals surface area contributed by atoms with Crippen molar-refractivity contribution in [2.45, 2.75) is 31.7 Å². The molecule has 2 N–H and O–H groups in total. The molecule has 2 heterocycles. The Kier molecular flexibility index (Phi) is 3.77. The molecule has 1 aromatic carbocycles. The molecule has 0 spiro atoms. The topological polar surface area (TPSA) is 33.3 Å². The Morgan fingerprint density at radius 1 is 1.14 bits per heavy atom. The predicted molar refractivity (Wildman–Crippen MR) is 88.9 cm³/mol. The van der Waals surface area contributed by atoms with Crippen molar-refractivity contribution in [3.63, 3.8) is 0 Å². The van der Waals surface area contributed by atoms with Crippen molar-refractivity contribution in [3.05, 3.63) is 58.4 Å². The molecule has 116 valence electrons. The Labute approximate surface area is 132 Å². The predicted octanol–water partition coefficient (Wildman–Crippen LogP) is 2.64. The van der Waals surface area contributed by atoms with Gasteiger partial charge in [-0.1, -0.05) is 35.4 Å². The van der Waals surface area contributed by atoms with Crippen LogP contribution in [0.2, 0.25) is 0 Å². The lowest BCUT2D eigenvalue weighted by molar-refractivity contribution is 0.139. The van der Waals surface area contributed by atoms with Crippen LogP contribution in [0.3, 0.4) is 0 Å². The van der Waals surface area contributed by atoms with Gasteiger partial charge in [-0.15, -0.1) is 0 Å². The lowest BCUT2D eigenvalue weighted by atomic mass is 9.75. The minimum absolute atomic E-state index is 0.299. The maximum atomic E-state index is 6.00. The van der Waals surface area contributed by atoms with Crippen LogP contribution in [0, 0.1) is 6.92 Å². The molecule has 1 fully saturated rings. The molecular weight excluding hydrogens is 272 g/mol. The normalized spacial score (nSPS) is 28.1. The third-order valence-corrected chi connectivity index (χ3v) is 5.02. The highest BCUT2D eigenvalue weighted by molar-refractivity contribution is 5.46. The minimum Gasteiger partial charge on any atom is -0.495 e. The summed E-state index contributed by atoms with van der Waals surface area (Å²) in [5.74, 6) is 1.55. The van der Waals surface area contributed by atoms with Gasteiger partial charge >= 0.3 is 0 Å². The highest BCUT2D eigenvalue weighted by Gasteiger charge is 2.37. The van der Waals surface area contributed by atoms with Gasteiger partial charge in [-0.2, -0.15) is 0 Å².